The Morgan fingerprint density at radius 1 is 1.03 bits per heavy atom. The highest BCUT2D eigenvalue weighted by Gasteiger charge is 2.67. The quantitative estimate of drug-likeness (QED) is 0.427. The van der Waals surface area contributed by atoms with Gasteiger partial charge in [0.15, 0.2) is 6.29 Å². The number of fused-ring (bicyclic) bond motifs is 5. The molecule has 2 N–H and O–H groups in total. The van der Waals surface area contributed by atoms with Crippen molar-refractivity contribution in [3.63, 3.8) is 0 Å². The van der Waals surface area contributed by atoms with E-state index in [4.69, 9.17) is 18.9 Å². The Hall–Kier alpha value is -0.990. The van der Waals surface area contributed by atoms with E-state index < -0.39 is 11.7 Å². The van der Waals surface area contributed by atoms with Crippen LogP contribution >= 0.6 is 0 Å². The molecule has 6 aliphatic rings. The molecule has 1 saturated heterocycles. The van der Waals surface area contributed by atoms with Crippen LogP contribution in [-0.2, 0) is 23.7 Å². The first kappa shape index (κ1) is 26.2. The zero-order valence-electron chi connectivity index (χ0n) is 23.0. The highest BCUT2D eigenvalue weighted by Crippen LogP contribution is 2.70. The highest BCUT2D eigenvalue weighted by molar-refractivity contribution is 5.85. The minimum Gasteiger partial charge on any atom is -0.458 e. The molecule has 0 bridgehead atoms. The summed E-state index contributed by atoms with van der Waals surface area (Å²) in [5.41, 5.74) is 0.461. The fraction of sp³-hybridized carbons (Fsp3) is 0.900. The maximum atomic E-state index is 12.4. The van der Waals surface area contributed by atoms with Gasteiger partial charge in [0, 0.05) is 25.0 Å². The molecular weight excluding hydrogens is 472 g/mol. The number of aliphatic hydroxyl groups excluding tert-OH is 1. The van der Waals surface area contributed by atoms with Gasteiger partial charge in [-0.3, -0.25) is 0 Å². The fourth-order valence-electron chi connectivity index (χ4n) is 10.0. The second kappa shape index (κ2) is 9.29. The second-order valence-corrected chi connectivity index (χ2v) is 13.6. The van der Waals surface area contributed by atoms with E-state index in [1.165, 1.54) is 0 Å². The maximum absolute atomic E-state index is 12.4. The molecule has 0 amide bonds. The van der Waals surface area contributed by atoms with E-state index in [1.54, 1.807) is 13.2 Å². The Balaban J connectivity index is 1.15. The minimum atomic E-state index is -0.670. The molecule has 2 aliphatic heterocycles. The Morgan fingerprint density at radius 2 is 1.84 bits per heavy atom. The predicted octanol–water partition coefficient (Wildman–Crippen LogP) is 4.14. The molecule has 12 atom stereocenters. The monoisotopic (exact) mass is 518 g/mol. The molecule has 4 aliphatic carbocycles. The predicted molar refractivity (Wildman–Crippen MR) is 136 cm³/mol. The van der Waals surface area contributed by atoms with Crippen LogP contribution in [0.15, 0.2) is 11.6 Å². The van der Waals surface area contributed by atoms with E-state index in [0.29, 0.717) is 30.8 Å². The third kappa shape index (κ3) is 3.97. The third-order valence-electron chi connectivity index (χ3n) is 12.2. The van der Waals surface area contributed by atoms with E-state index in [1.807, 2.05) is 6.92 Å². The summed E-state index contributed by atoms with van der Waals surface area (Å²) in [6.45, 7) is 7.07. The van der Waals surface area contributed by atoms with Gasteiger partial charge in [0.2, 0.25) is 0 Å². The molecule has 4 saturated carbocycles. The van der Waals surface area contributed by atoms with Gasteiger partial charge in [-0.25, -0.2) is 4.79 Å². The number of rotatable bonds is 4. The first-order valence-electron chi connectivity index (χ1n) is 14.7. The van der Waals surface area contributed by atoms with Crippen LogP contribution in [0.4, 0.5) is 0 Å². The minimum absolute atomic E-state index is 0.166. The molecule has 2 heterocycles. The number of carbonyl (C=O) groups excluding carboxylic acids is 1. The number of aliphatic hydroxyl groups is 2. The maximum Gasteiger partial charge on any atom is 0.331 e. The first-order chi connectivity index (χ1) is 17.6. The summed E-state index contributed by atoms with van der Waals surface area (Å²) in [4.78, 5) is 11.8. The molecule has 0 aromatic carbocycles. The number of carbonyl (C=O) groups is 1. The third-order valence-corrected chi connectivity index (χ3v) is 12.2. The van der Waals surface area contributed by atoms with Crippen LogP contribution in [-0.4, -0.2) is 66.2 Å². The molecule has 6 rings (SSSR count). The number of methoxy groups -OCH3 is 1. The van der Waals surface area contributed by atoms with Crippen molar-refractivity contribution in [2.45, 2.75) is 121 Å². The zero-order valence-corrected chi connectivity index (χ0v) is 23.0. The summed E-state index contributed by atoms with van der Waals surface area (Å²) in [7, 11) is 1.64. The van der Waals surface area contributed by atoms with Crippen LogP contribution in [0, 0.1) is 34.5 Å². The van der Waals surface area contributed by atoms with Gasteiger partial charge in [0.25, 0.3) is 0 Å². The normalized spacial score (nSPS) is 53.6. The zero-order chi connectivity index (χ0) is 26.2. The van der Waals surface area contributed by atoms with Gasteiger partial charge in [-0.05, 0) is 99.4 Å². The molecule has 37 heavy (non-hydrogen) atoms. The molecule has 5 fully saturated rings. The van der Waals surface area contributed by atoms with Gasteiger partial charge in [-0.15, -0.1) is 0 Å². The van der Waals surface area contributed by atoms with Crippen molar-refractivity contribution >= 4 is 5.97 Å². The van der Waals surface area contributed by atoms with Crippen molar-refractivity contribution in [1.29, 1.82) is 0 Å². The summed E-state index contributed by atoms with van der Waals surface area (Å²) < 4.78 is 23.2. The second-order valence-electron chi connectivity index (χ2n) is 13.6. The van der Waals surface area contributed by atoms with Gasteiger partial charge >= 0.3 is 5.97 Å². The molecule has 0 aromatic heterocycles. The topological polar surface area (TPSA) is 94.5 Å². The van der Waals surface area contributed by atoms with Gasteiger partial charge in [0.05, 0.1) is 23.9 Å². The number of hydrogen-bond donors (Lipinski definition) is 2. The molecule has 0 spiro atoms. The van der Waals surface area contributed by atoms with Crippen molar-refractivity contribution in [2.75, 3.05) is 13.7 Å². The van der Waals surface area contributed by atoms with Crippen LogP contribution < -0.4 is 0 Å². The summed E-state index contributed by atoms with van der Waals surface area (Å²) in [5.74, 6) is 1.45. The lowest BCUT2D eigenvalue weighted by atomic mass is 9.43. The number of ether oxygens (including phenoxy) is 4. The van der Waals surface area contributed by atoms with Crippen LogP contribution in [0.3, 0.4) is 0 Å². The summed E-state index contributed by atoms with van der Waals surface area (Å²) in [5, 5.41) is 22.7. The van der Waals surface area contributed by atoms with E-state index in [9.17, 15) is 15.0 Å². The molecule has 0 radical (unpaired) electrons. The summed E-state index contributed by atoms with van der Waals surface area (Å²) in [6.07, 6.45) is 10.2. The van der Waals surface area contributed by atoms with Crippen LogP contribution in [0.1, 0.15) is 85.0 Å². The molecule has 0 unspecified atom stereocenters. The lowest BCUT2D eigenvalue weighted by Gasteiger charge is -2.64. The number of cyclic esters (lactones) is 1. The first-order valence-corrected chi connectivity index (χ1v) is 14.7. The Kier molecular flexibility index (Phi) is 6.59. The molecule has 0 aromatic rings. The SMILES string of the molecule is CO[C@H]1C[C@@H](O[C@H]2CC[C@@]3(C)[C@@H](CC[C@H]4[C@H]3CC[C@]3(C)[C@H](C5=CC(=O)OC5)CC[C@]43O)C2)O[C@@H](C)[C@H]1O. The average molecular weight is 519 g/mol. The molecule has 208 valence electrons. The Bertz CT molecular complexity index is 935. The van der Waals surface area contributed by atoms with Gasteiger partial charge in [0.1, 0.15) is 12.7 Å². The van der Waals surface area contributed by atoms with Crippen molar-refractivity contribution < 1.29 is 34.0 Å². The molecule has 7 heteroatoms. The van der Waals surface area contributed by atoms with Gasteiger partial charge < -0.3 is 29.2 Å². The van der Waals surface area contributed by atoms with E-state index in [2.05, 4.69) is 13.8 Å². The summed E-state index contributed by atoms with van der Waals surface area (Å²) in [6, 6.07) is 0. The van der Waals surface area contributed by atoms with Crippen LogP contribution in [0.25, 0.3) is 0 Å². The van der Waals surface area contributed by atoms with Gasteiger partial charge in [-0.2, -0.15) is 0 Å². The largest absolute Gasteiger partial charge is 0.458 e. The summed E-state index contributed by atoms with van der Waals surface area (Å²) >= 11 is 0. The smallest absolute Gasteiger partial charge is 0.331 e. The van der Waals surface area contributed by atoms with Crippen LogP contribution in [0.2, 0.25) is 0 Å². The lowest BCUT2D eigenvalue weighted by molar-refractivity contribution is -0.273. The van der Waals surface area contributed by atoms with E-state index in [0.717, 1.165) is 63.4 Å². The van der Waals surface area contributed by atoms with E-state index >= 15 is 0 Å². The number of esters is 1. The average Bonchev–Trinajstić information content (AvgIpc) is 3.41. The van der Waals surface area contributed by atoms with Crippen molar-refractivity contribution in [2.24, 2.45) is 34.5 Å². The van der Waals surface area contributed by atoms with E-state index in [-0.39, 0.29) is 47.3 Å². The van der Waals surface area contributed by atoms with Crippen molar-refractivity contribution in [3.8, 4) is 0 Å². The lowest BCUT2D eigenvalue weighted by Crippen LogP contribution is -2.62. The molecule has 7 nitrogen and oxygen atoms in total. The van der Waals surface area contributed by atoms with Gasteiger partial charge in [-0.1, -0.05) is 13.8 Å². The van der Waals surface area contributed by atoms with Crippen molar-refractivity contribution in [1.82, 2.24) is 0 Å². The molecular formula is C30H46O7. The van der Waals surface area contributed by atoms with Crippen LogP contribution in [0.5, 0.6) is 0 Å². The fourth-order valence-corrected chi connectivity index (χ4v) is 10.0. The standard InChI is InChI=1S/C30H46O7/c1-17-27(32)24(34-4)15-26(36-17)37-20-7-10-28(2)19(14-20)5-6-23-22(28)8-11-29(3)21(9-12-30(23,29)33)18-13-25(31)35-16-18/h13,17,19-24,26-27,32-33H,5-12,14-16H2,1-4H3/t17-,19-,20-,21-,22+,23-,24-,26+,27+,28-,29+,30-/m0/s1. The van der Waals surface area contributed by atoms with Crippen molar-refractivity contribution in [3.05, 3.63) is 11.6 Å². The Labute approximate surface area is 221 Å². The Morgan fingerprint density at radius 3 is 2.57 bits per heavy atom. The highest BCUT2D eigenvalue weighted by atomic mass is 16.7. The number of hydrogen-bond acceptors (Lipinski definition) is 7.